The molecule has 2 aliphatic rings. The van der Waals surface area contributed by atoms with E-state index in [1.165, 1.54) is 35.5 Å². The van der Waals surface area contributed by atoms with Crippen molar-refractivity contribution >= 4 is 28.4 Å². The molecule has 3 N–H and O–H groups in total. The third kappa shape index (κ3) is 3.15. The number of carbonyl (C=O) groups is 2. The number of primary amides is 1. The fraction of sp³-hybridized carbons (Fsp3) is 0.500. The fourth-order valence-corrected chi connectivity index (χ4v) is 4.85. The maximum absolute atomic E-state index is 12.7. The van der Waals surface area contributed by atoms with E-state index in [4.69, 9.17) is 5.73 Å². The van der Waals surface area contributed by atoms with Crippen LogP contribution in [0.4, 0.5) is 9.93 Å². The number of pyridine rings is 1. The SMILES string of the molecule is CC1(c2cc(-c3cnc(NC(=O)N4CCC[C@@]4(C)C(N)=O)s3)ccn2)CCC1. The van der Waals surface area contributed by atoms with E-state index in [-0.39, 0.29) is 11.4 Å². The van der Waals surface area contributed by atoms with Gasteiger partial charge in [-0.3, -0.25) is 15.1 Å². The lowest BCUT2D eigenvalue weighted by Crippen LogP contribution is -2.55. The minimum absolute atomic E-state index is 0.173. The summed E-state index contributed by atoms with van der Waals surface area (Å²) in [5.41, 5.74) is 6.92. The molecule has 1 aliphatic heterocycles. The van der Waals surface area contributed by atoms with Gasteiger partial charge in [-0.25, -0.2) is 9.78 Å². The standard InChI is InChI=1S/C20H25N5O2S/c1-19(6-3-7-19)15-11-13(5-9-22-15)14-12-23-17(28-14)24-18(27)25-10-4-8-20(25,2)16(21)26/h5,9,11-12H,3-4,6-8,10H2,1-2H3,(H2,21,26)(H,23,24,27)/t20-/m0/s1. The van der Waals surface area contributed by atoms with Crippen LogP contribution in [0.25, 0.3) is 10.4 Å². The molecular weight excluding hydrogens is 374 g/mol. The highest BCUT2D eigenvalue weighted by atomic mass is 32.1. The van der Waals surface area contributed by atoms with Crippen molar-refractivity contribution in [3.63, 3.8) is 0 Å². The Hall–Kier alpha value is -2.48. The summed E-state index contributed by atoms with van der Waals surface area (Å²) >= 11 is 1.41. The number of urea groups is 1. The molecule has 3 heterocycles. The van der Waals surface area contributed by atoms with Gasteiger partial charge in [-0.1, -0.05) is 24.7 Å². The summed E-state index contributed by atoms with van der Waals surface area (Å²) in [7, 11) is 0. The minimum atomic E-state index is -0.942. The number of nitrogens with two attached hydrogens (primary N) is 1. The summed E-state index contributed by atoms with van der Waals surface area (Å²) in [6, 6.07) is 3.76. The molecule has 2 aromatic rings. The topological polar surface area (TPSA) is 101 Å². The lowest BCUT2D eigenvalue weighted by Gasteiger charge is -2.37. The van der Waals surface area contributed by atoms with Gasteiger partial charge >= 0.3 is 6.03 Å². The molecule has 148 valence electrons. The molecule has 1 saturated carbocycles. The van der Waals surface area contributed by atoms with Gasteiger partial charge in [0, 0.05) is 30.0 Å². The second-order valence-electron chi connectivity index (χ2n) is 8.20. The number of rotatable bonds is 4. The predicted molar refractivity (Wildman–Crippen MR) is 109 cm³/mol. The highest BCUT2D eigenvalue weighted by molar-refractivity contribution is 7.19. The highest BCUT2D eigenvalue weighted by Crippen LogP contribution is 2.43. The van der Waals surface area contributed by atoms with Crippen LogP contribution in [0.2, 0.25) is 0 Å². The molecule has 1 aliphatic carbocycles. The van der Waals surface area contributed by atoms with Gasteiger partial charge in [0.1, 0.15) is 5.54 Å². The van der Waals surface area contributed by atoms with E-state index in [1.807, 2.05) is 12.3 Å². The zero-order chi connectivity index (χ0) is 19.9. The first-order chi connectivity index (χ1) is 13.3. The van der Waals surface area contributed by atoms with Gasteiger partial charge < -0.3 is 10.6 Å². The first-order valence-electron chi connectivity index (χ1n) is 9.63. The van der Waals surface area contributed by atoms with Crippen molar-refractivity contribution in [2.24, 2.45) is 5.73 Å². The number of hydrogen-bond acceptors (Lipinski definition) is 5. The maximum atomic E-state index is 12.7. The van der Waals surface area contributed by atoms with Crippen LogP contribution < -0.4 is 11.1 Å². The maximum Gasteiger partial charge on any atom is 0.324 e. The minimum Gasteiger partial charge on any atom is -0.368 e. The largest absolute Gasteiger partial charge is 0.368 e. The quantitative estimate of drug-likeness (QED) is 0.821. The number of likely N-dealkylation sites (tertiary alicyclic amines) is 1. The normalized spacial score (nSPS) is 23.3. The lowest BCUT2D eigenvalue weighted by molar-refractivity contribution is -0.126. The van der Waals surface area contributed by atoms with E-state index >= 15 is 0 Å². The summed E-state index contributed by atoms with van der Waals surface area (Å²) in [6.07, 6.45) is 8.53. The summed E-state index contributed by atoms with van der Waals surface area (Å²) in [5, 5.41) is 3.33. The van der Waals surface area contributed by atoms with E-state index < -0.39 is 11.4 Å². The van der Waals surface area contributed by atoms with Crippen molar-refractivity contribution in [2.75, 3.05) is 11.9 Å². The van der Waals surface area contributed by atoms with Crippen LogP contribution in [0.3, 0.4) is 0 Å². The van der Waals surface area contributed by atoms with E-state index in [1.54, 1.807) is 13.1 Å². The Morgan fingerprint density at radius 1 is 1.21 bits per heavy atom. The van der Waals surface area contributed by atoms with Crippen molar-refractivity contribution in [1.82, 2.24) is 14.9 Å². The fourth-order valence-electron chi connectivity index (χ4n) is 4.05. The van der Waals surface area contributed by atoms with Gasteiger partial charge in [-0.05, 0) is 50.3 Å². The Balaban J connectivity index is 1.50. The summed E-state index contributed by atoms with van der Waals surface area (Å²) in [4.78, 5) is 35.9. The molecule has 1 atom stereocenters. The zero-order valence-corrected chi connectivity index (χ0v) is 17.0. The average Bonchev–Trinajstić information content (AvgIpc) is 3.27. The Labute approximate surface area is 168 Å². The van der Waals surface area contributed by atoms with Crippen molar-refractivity contribution in [1.29, 1.82) is 0 Å². The molecule has 2 aromatic heterocycles. The van der Waals surface area contributed by atoms with E-state index in [9.17, 15) is 9.59 Å². The number of carbonyl (C=O) groups excluding carboxylic acids is 2. The summed E-state index contributed by atoms with van der Waals surface area (Å²) in [6.45, 7) is 4.48. The average molecular weight is 400 g/mol. The molecule has 0 aromatic carbocycles. The second-order valence-corrected chi connectivity index (χ2v) is 9.23. The number of amides is 3. The lowest BCUT2D eigenvalue weighted by atomic mass is 9.68. The number of nitrogens with one attached hydrogen (secondary N) is 1. The van der Waals surface area contributed by atoms with E-state index in [2.05, 4.69) is 28.3 Å². The smallest absolute Gasteiger partial charge is 0.324 e. The molecule has 8 heteroatoms. The molecule has 1 saturated heterocycles. The van der Waals surface area contributed by atoms with Crippen LogP contribution in [0.15, 0.2) is 24.5 Å². The highest BCUT2D eigenvalue weighted by Gasteiger charge is 2.44. The monoisotopic (exact) mass is 399 g/mol. The molecule has 0 bridgehead atoms. The summed E-state index contributed by atoms with van der Waals surface area (Å²) < 4.78 is 0. The Bertz CT molecular complexity index is 923. The van der Waals surface area contributed by atoms with Crippen molar-refractivity contribution in [3.8, 4) is 10.4 Å². The predicted octanol–water partition coefficient (Wildman–Crippen LogP) is 3.52. The van der Waals surface area contributed by atoms with Crippen LogP contribution in [-0.4, -0.2) is 38.9 Å². The number of anilines is 1. The first-order valence-corrected chi connectivity index (χ1v) is 10.4. The summed E-state index contributed by atoms with van der Waals surface area (Å²) in [5.74, 6) is -0.478. The Morgan fingerprint density at radius 3 is 2.68 bits per heavy atom. The van der Waals surface area contributed by atoms with Crippen molar-refractivity contribution < 1.29 is 9.59 Å². The molecule has 0 radical (unpaired) electrons. The molecule has 4 rings (SSSR count). The van der Waals surface area contributed by atoms with Gasteiger partial charge in [-0.15, -0.1) is 0 Å². The van der Waals surface area contributed by atoms with Crippen LogP contribution in [-0.2, 0) is 10.2 Å². The van der Waals surface area contributed by atoms with Gasteiger partial charge in [0.05, 0.1) is 4.88 Å². The van der Waals surface area contributed by atoms with Crippen LogP contribution in [0.5, 0.6) is 0 Å². The molecule has 0 unspecified atom stereocenters. The zero-order valence-electron chi connectivity index (χ0n) is 16.2. The number of hydrogen-bond donors (Lipinski definition) is 2. The van der Waals surface area contributed by atoms with Crippen LogP contribution >= 0.6 is 11.3 Å². The van der Waals surface area contributed by atoms with Crippen LogP contribution in [0, 0.1) is 0 Å². The first kappa shape index (κ1) is 18.9. The molecule has 7 nitrogen and oxygen atoms in total. The molecular formula is C20H25N5O2S. The number of thiazole rings is 1. The van der Waals surface area contributed by atoms with Crippen molar-refractivity contribution in [3.05, 3.63) is 30.2 Å². The third-order valence-electron chi connectivity index (χ3n) is 6.26. The van der Waals surface area contributed by atoms with Crippen molar-refractivity contribution in [2.45, 2.75) is 56.9 Å². The number of nitrogens with zero attached hydrogens (tertiary/aromatic N) is 3. The van der Waals surface area contributed by atoms with Crippen LogP contribution in [0.1, 0.15) is 51.6 Å². The second kappa shape index (κ2) is 6.84. The molecule has 0 spiro atoms. The van der Waals surface area contributed by atoms with E-state index in [0.717, 1.165) is 22.6 Å². The molecule has 2 fully saturated rings. The third-order valence-corrected chi connectivity index (χ3v) is 7.22. The van der Waals surface area contributed by atoms with Gasteiger partial charge in [0.25, 0.3) is 0 Å². The Morgan fingerprint density at radius 2 is 2.00 bits per heavy atom. The van der Waals surface area contributed by atoms with Gasteiger partial charge in [0.2, 0.25) is 5.91 Å². The Kier molecular flexibility index (Phi) is 4.61. The molecule has 28 heavy (non-hydrogen) atoms. The van der Waals surface area contributed by atoms with Gasteiger partial charge in [-0.2, -0.15) is 0 Å². The molecule has 3 amide bonds. The van der Waals surface area contributed by atoms with Gasteiger partial charge in [0.15, 0.2) is 5.13 Å². The van der Waals surface area contributed by atoms with E-state index in [0.29, 0.717) is 18.1 Å². The number of aromatic nitrogens is 2.